The number of ether oxygens (including phenoxy) is 1. The van der Waals surface area contributed by atoms with Crippen LogP contribution in [0.5, 0.6) is 5.75 Å². The number of hydrogen-bond donors (Lipinski definition) is 1. The number of thiophene rings is 1. The summed E-state index contributed by atoms with van der Waals surface area (Å²) in [6, 6.07) is 4.95. The van der Waals surface area contributed by atoms with Gasteiger partial charge in [0.05, 0.1) is 12.0 Å². The van der Waals surface area contributed by atoms with Crippen LogP contribution in [0.3, 0.4) is 0 Å². The molecule has 0 unspecified atom stereocenters. The number of methoxy groups -OCH3 is 1. The summed E-state index contributed by atoms with van der Waals surface area (Å²) in [6.07, 6.45) is 1.53. The fraction of sp³-hybridized carbons (Fsp3) is 0.0909. The molecule has 6 heteroatoms. The Labute approximate surface area is 107 Å². The lowest BCUT2D eigenvalue weighted by Gasteiger charge is -2.02. The Bertz CT molecular complexity index is 542. The zero-order valence-electron chi connectivity index (χ0n) is 8.94. The van der Waals surface area contributed by atoms with Gasteiger partial charge in [0, 0.05) is 23.3 Å². The van der Waals surface area contributed by atoms with Crippen LogP contribution in [0, 0.1) is 0 Å². The van der Waals surface area contributed by atoms with Crippen molar-refractivity contribution in [2.24, 2.45) is 0 Å². The van der Waals surface area contributed by atoms with Crippen molar-refractivity contribution in [1.82, 2.24) is 4.98 Å². The summed E-state index contributed by atoms with van der Waals surface area (Å²) in [5.74, 6) is 0.480. The molecule has 1 amide bonds. The third-order valence-corrected chi connectivity index (χ3v) is 3.13. The third-order valence-electron chi connectivity index (χ3n) is 2.02. The van der Waals surface area contributed by atoms with E-state index < -0.39 is 0 Å². The predicted molar refractivity (Wildman–Crippen MR) is 68.1 cm³/mol. The van der Waals surface area contributed by atoms with Gasteiger partial charge in [-0.25, -0.2) is 4.98 Å². The minimum absolute atomic E-state index is 0.194. The SMILES string of the molecule is COc1csc(C(=O)Nc2ccnc(Cl)c2)c1. The highest BCUT2D eigenvalue weighted by Crippen LogP contribution is 2.22. The maximum absolute atomic E-state index is 11.8. The van der Waals surface area contributed by atoms with Crippen LogP contribution >= 0.6 is 22.9 Å². The van der Waals surface area contributed by atoms with Crippen LogP contribution in [0.2, 0.25) is 5.15 Å². The Morgan fingerprint density at radius 1 is 1.53 bits per heavy atom. The second-order valence-corrected chi connectivity index (χ2v) is 4.47. The van der Waals surface area contributed by atoms with Gasteiger partial charge in [0.2, 0.25) is 0 Å². The van der Waals surface area contributed by atoms with E-state index in [1.807, 2.05) is 0 Å². The van der Waals surface area contributed by atoms with E-state index in [0.29, 0.717) is 21.5 Å². The van der Waals surface area contributed by atoms with Crippen LogP contribution in [0.4, 0.5) is 5.69 Å². The molecule has 0 aliphatic rings. The molecule has 0 aliphatic carbocycles. The van der Waals surface area contributed by atoms with Gasteiger partial charge in [-0.2, -0.15) is 0 Å². The summed E-state index contributed by atoms with van der Waals surface area (Å²) < 4.78 is 5.01. The van der Waals surface area contributed by atoms with Crippen molar-refractivity contribution < 1.29 is 9.53 Å². The molecular weight excluding hydrogens is 260 g/mol. The number of aromatic nitrogens is 1. The summed E-state index contributed by atoms with van der Waals surface area (Å²) in [4.78, 5) is 16.2. The molecule has 0 saturated carbocycles. The van der Waals surface area contributed by atoms with Crippen molar-refractivity contribution >= 4 is 34.5 Å². The van der Waals surface area contributed by atoms with Gasteiger partial charge < -0.3 is 10.1 Å². The minimum atomic E-state index is -0.194. The van der Waals surface area contributed by atoms with E-state index in [4.69, 9.17) is 16.3 Å². The monoisotopic (exact) mass is 268 g/mol. The molecule has 0 saturated heterocycles. The van der Waals surface area contributed by atoms with Crippen molar-refractivity contribution in [3.05, 3.63) is 39.8 Å². The summed E-state index contributed by atoms with van der Waals surface area (Å²) in [5.41, 5.74) is 0.613. The van der Waals surface area contributed by atoms with E-state index in [9.17, 15) is 4.79 Å². The Morgan fingerprint density at radius 3 is 3.00 bits per heavy atom. The topological polar surface area (TPSA) is 51.2 Å². The lowest BCUT2D eigenvalue weighted by molar-refractivity contribution is 0.103. The molecule has 88 valence electrons. The number of anilines is 1. The molecule has 0 aromatic carbocycles. The molecule has 0 aliphatic heterocycles. The van der Waals surface area contributed by atoms with Crippen LogP contribution in [0.1, 0.15) is 9.67 Å². The van der Waals surface area contributed by atoms with Crippen LogP contribution in [-0.2, 0) is 0 Å². The Hall–Kier alpha value is -1.59. The number of pyridine rings is 1. The van der Waals surface area contributed by atoms with Crippen molar-refractivity contribution in [3.8, 4) is 5.75 Å². The molecule has 1 N–H and O–H groups in total. The average molecular weight is 269 g/mol. The van der Waals surface area contributed by atoms with Crippen LogP contribution < -0.4 is 10.1 Å². The lowest BCUT2D eigenvalue weighted by Crippen LogP contribution is -2.10. The molecule has 2 rings (SSSR count). The van der Waals surface area contributed by atoms with Crippen LogP contribution in [-0.4, -0.2) is 18.0 Å². The van der Waals surface area contributed by atoms with Gasteiger partial charge in [0.25, 0.3) is 5.91 Å². The molecule has 0 radical (unpaired) electrons. The number of nitrogens with one attached hydrogen (secondary N) is 1. The van der Waals surface area contributed by atoms with Crippen molar-refractivity contribution in [2.45, 2.75) is 0 Å². The number of carbonyl (C=O) groups is 1. The zero-order chi connectivity index (χ0) is 12.3. The van der Waals surface area contributed by atoms with E-state index in [-0.39, 0.29) is 5.91 Å². The van der Waals surface area contributed by atoms with Gasteiger partial charge in [-0.15, -0.1) is 11.3 Å². The highest BCUT2D eigenvalue weighted by molar-refractivity contribution is 7.12. The predicted octanol–water partition coefficient (Wildman–Crippen LogP) is 3.06. The minimum Gasteiger partial charge on any atom is -0.496 e. The van der Waals surface area contributed by atoms with Gasteiger partial charge in [-0.3, -0.25) is 4.79 Å². The maximum atomic E-state index is 11.8. The first-order chi connectivity index (χ1) is 8.19. The van der Waals surface area contributed by atoms with E-state index in [1.165, 1.54) is 17.5 Å². The van der Waals surface area contributed by atoms with Gasteiger partial charge in [0.1, 0.15) is 10.9 Å². The number of nitrogens with zero attached hydrogens (tertiary/aromatic N) is 1. The molecule has 2 aromatic rings. The lowest BCUT2D eigenvalue weighted by atomic mass is 10.3. The Morgan fingerprint density at radius 2 is 2.35 bits per heavy atom. The molecule has 2 aromatic heterocycles. The van der Waals surface area contributed by atoms with Crippen LogP contribution in [0.15, 0.2) is 29.8 Å². The smallest absolute Gasteiger partial charge is 0.265 e. The third kappa shape index (κ3) is 2.95. The maximum Gasteiger partial charge on any atom is 0.265 e. The standard InChI is InChI=1S/C11H9ClN2O2S/c1-16-8-5-9(17-6-8)11(15)14-7-2-3-13-10(12)4-7/h2-6H,1H3,(H,13,14,15). The average Bonchev–Trinajstić information content (AvgIpc) is 2.77. The molecule has 0 atom stereocenters. The molecule has 17 heavy (non-hydrogen) atoms. The summed E-state index contributed by atoms with van der Waals surface area (Å²) >= 11 is 7.04. The van der Waals surface area contributed by atoms with E-state index >= 15 is 0 Å². The molecular formula is C11H9ClN2O2S. The molecule has 0 spiro atoms. The first-order valence-corrected chi connectivity index (χ1v) is 6.00. The zero-order valence-corrected chi connectivity index (χ0v) is 10.5. The first-order valence-electron chi connectivity index (χ1n) is 4.74. The van der Waals surface area contributed by atoms with Crippen molar-refractivity contribution in [1.29, 1.82) is 0 Å². The normalized spacial score (nSPS) is 10.0. The Balaban J connectivity index is 2.11. The van der Waals surface area contributed by atoms with Gasteiger partial charge in [-0.1, -0.05) is 11.6 Å². The highest BCUT2D eigenvalue weighted by atomic mass is 35.5. The van der Waals surface area contributed by atoms with Gasteiger partial charge in [0.15, 0.2) is 0 Å². The van der Waals surface area contributed by atoms with E-state index in [0.717, 1.165) is 0 Å². The molecule has 0 fully saturated rings. The number of rotatable bonds is 3. The van der Waals surface area contributed by atoms with Crippen molar-refractivity contribution in [2.75, 3.05) is 12.4 Å². The van der Waals surface area contributed by atoms with Crippen LogP contribution in [0.25, 0.3) is 0 Å². The van der Waals surface area contributed by atoms with E-state index in [1.54, 1.807) is 30.7 Å². The van der Waals surface area contributed by atoms with Crippen molar-refractivity contribution in [3.63, 3.8) is 0 Å². The molecule has 4 nitrogen and oxygen atoms in total. The number of carbonyl (C=O) groups excluding carboxylic acids is 1. The summed E-state index contributed by atoms with van der Waals surface area (Å²) in [5, 5.41) is 4.84. The number of hydrogen-bond acceptors (Lipinski definition) is 4. The second-order valence-electron chi connectivity index (χ2n) is 3.17. The van der Waals surface area contributed by atoms with E-state index in [2.05, 4.69) is 10.3 Å². The molecule has 2 heterocycles. The molecule has 0 bridgehead atoms. The highest BCUT2D eigenvalue weighted by Gasteiger charge is 2.09. The first kappa shape index (κ1) is 11.9. The fourth-order valence-corrected chi connectivity index (χ4v) is 2.14. The Kier molecular flexibility index (Phi) is 3.61. The number of halogens is 1. The largest absolute Gasteiger partial charge is 0.496 e. The summed E-state index contributed by atoms with van der Waals surface area (Å²) in [6.45, 7) is 0. The number of amides is 1. The second kappa shape index (κ2) is 5.16. The quantitative estimate of drug-likeness (QED) is 0.871. The van der Waals surface area contributed by atoms with Gasteiger partial charge >= 0.3 is 0 Å². The fourth-order valence-electron chi connectivity index (χ4n) is 1.22. The van der Waals surface area contributed by atoms with Gasteiger partial charge in [-0.05, 0) is 12.1 Å². The summed E-state index contributed by atoms with van der Waals surface area (Å²) in [7, 11) is 1.56.